The zero-order valence-corrected chi connectivity index (χ0v) is 30.7. The number of hydrogen-bond donors (Lipinski definition) is 4. The molecule has 0 saturated heterocycles. The number of amides is 5. The van der Waals surface area contributed by atoms with E-state index >= 15 is 0 Å². The summed E-state index contributed by atoms with van der Waals surface area (Å²) in [6.45, 7) is 13.2. The van der Waals surface area contributed by atoms with Gasteiger partial charge in [0.1, 0.15) is 23.8 Å². The minimum Gasteiger partial charge on any atom is -0.354 e. The fourth-order valence-corrected chi connectivity index (χ4v) is 5.98. The van der Waals surface area contributed by atoms with Crippen molar-refractivity contribution in [1.29, 1.82) is 0 Å². The molecule has 5 rings (SSSR count). The summed E-state index contributed by atoms with van der Waals surface area (Å²) in [5.41, 5.74) is 3.38. The van der Waals surface area contributed by atoms with E-state index < -0.39 is 35.8 Å². The first-order chi connectivity index (χ1) is 24.4. The maximum Gasteiger partial charge on any atom is 0.272 e. The van der Waals surface area contributed by atoms with Crippen molar-refractivity contribution in [3.8, 4) is 0 Å². The van der Waals surface area contributed by atoms with Crippen molar-refractivity contribution in [3.05, 3.63) is 88.7 Å². The zero-order valence-electron chi connectivity index (χ0n) is 30.7. The Labute approximate surface area is 301 Å². The van der Waals surface area contributed by atoms with Crippen LogP contribution in [0.25, 0.3) is 0 Å². The Morgan fingerprint density at radius 2 is 1.55 bits per heavy atom. The Bertz CT molecular complexity index is 1650. The minimum absolute atomic E-state index is 0.0616. The molecular weight excluding hydrogens is 646 g/mol. The summed E-state index contributed by atoms with van der Waals surface area (Å²) in [5.74, 6) is -1.70. The number of fused-ring (bicyclic) bond motifs is 18. The summed E-state index contributed by atoms with van der Waals surface area (Å²) in [6.07, 6.45) is 1.77. The van der Waals surface area contributed by atoms with Gasteiger partial charge in [-0.1, -0.05) is 70.2 Å². The second-order valence-corrected chi connectivity index (χ2v) is 14.0. The molecule has 3 atom stereocenters. The molecule has 12 heteroatoms. The van der Waals surface area contributed by atoms with Crippen LogP contribution in [0.1, 0.15) is 104 Å². The molecule has 1 aromatic heterocycles. The highest BCUT2D eigenvalue weighted by Crippen LogP contribution is 2.19. The van der Waals surface area contributed by atoms with Gasteiger partial charge in [0.05, 0.1) is 5.69 Å². The van der Waals surface area contributed by atoms with Crippen molar-refractivity contribution in [2.45, 2.75) is 104 Å². The summed E-state index contributed by atoms with van der Waals surface area (Å²) in [4.78, 5) is 69.5. The van der Waals surface area contributed by atoms with Crippen molar-refractivity contribution in [2.75, 3.05) is 13.1 Å². The molecule has 2 aromatic carbocycles. The Hall–Kier alpha value is -5.00. The number of aromatic nitrogens is 2. The number of carbonyl (C=O) groups is 5. The van der Waals surface area contributed by atoms with Gasteiger partial charge in [0.2, 0.25) is 17.7 Å². The predicted octanol–water partition coefficient (Wildman–Crippen LogP) is 3.96. The summed E-state index contributed by atoms with van der Waals surface area (Å²) in [5, 5.41) is 16.0. The lowest BCUT2D eigenvalue weighted by Gasteiger charge is -2.25. The first kappa shape index (κ1) is 38.8. The molecule has 2 bridgehead atoms. The second-order valence-electron chi connectivity index (χ2n) is 14.0. The summed E-state index contributed by atoms with van der Waals surface area (Å²) < 4.78 is 1.73. The summed E-state index contributed by atoms with van der Waals surface area (Å²) in [6, 6.07) is 15.4. The topological polar surface area (TPSA) is 155 Å². The van der Waals surface area contributed by atoms with Crippen molar-refractivity contribution >= 4 is 29.5 Å². The molecule has 0 fully saturated rings. The van der Waals surface area contributed by atoms with E-state index in [1.54, 1.807) is 28.6 Å². The molecule has 2 aliphatic heterocycles. The van der Waals surface area contributed by atoms with Crippen LogP contribution in [0, 0.1) is 5.92 Å². The molecule has 3 heterocycles. The molecular formula is C39H53N7O5. The van der Waals surface area contributed by atoms with Crippen LogP contribution in [0.15, 0.2) is 60.7 Å². The number of nitrogens with zero attached hydrogens (tertiary/aromatic N) is 3. The van der Waals surface area contributed by atoms with Gasteiger partial charge in [0, 0.05) is 38.2 Å². The van der Waals surface area contributed by atoms with Crippen molar-refractivity contribution in [2.24, 2.45) is 5.92 Å². The van der Waals surface area contributed by atoms with E-state index in [1.165, 1.54) is 0 Å². The Kier molecular flexibility index (Phi) is 13.9. The third-order valence-electron chi connectivity index (χ3n) is 8.94. The SMILES string of the molecule is CCn1nc(C(C)C)cc1C(=O)N1CCCCNC(=O)[C@@H](C)NC(=O)[C@H](CC(C)C)NC(=O)[C@@H](Cc2ccccc2)NC(=O)c2ccc(cc2)C1. The highest BCUT2D eigenvalue weighted by molar-refractivity contribution is 5.99. The first-order valence-corrected chi connectivity index (χ1v) is 18.0. The number of rotatable bonds is 7. The van der Waals surface area contributed by atoms with Gasteiger partial charge in [-0.3, -0.25) is 28.7 Å². The van der Waals surface area contributed by atoms with Crippen LogP contribution in [0.4, 0.5) is 0 Å². The van der Waals surface area contributed by atoms with Gasteiger partial charge in [-0.15, -0.1) is 0 Å². The maximum atomic E-state index is 14.0. The van der Waals surface area contributed by atoms with Crippen molar-refractivity contribution in [1.82, 2.24) is 35.9 Å². The Balaban J connectivity index is 1.64. The molecule has 12 nitrogen and oxygen atoms in total. The monoisotopic (exact) mass is 699 g/mol. The van der Waals surface area contributed by atoms with E-state index in [2.05, 4.69) is 26.4 Å². The van der Waals surface area contributed by atoms with Gasteiger partial charge in [0.25, 0.3) is 11.8 Å². The number of hydrogen-bond acceptors (Lipinski definition) is 6. The molecule has 0 unspecified atom stereocenters. The average molecular weight is 700 g/mol. The molecule has 51 heavy (non-hydrogen) atoms. The molecule has 0 radical (unpaired) electrons. The zero-order chi connectivity index (χ0) is 37.1. The van der Waals surface area contributed by atoms with E-state index in [-0.39, 0.29) is 30.1 Å². The molecule has 2 aliphatic rings. The highest BCUT2D eigenvalue weighted by Gasteiger charge is 2.30. The number of nitrogens with one attached hydrogen (secondary N) is 4. The molecule has 0 aliphatic carbocycles. The molecule has 0 spiro atoms. The second kappa shape index (κ2) is 18.3. The summed E-state index contributed by atoms with van der Waals surface area (Å²) >= 11 is 0. The van der Waals surface area contributed by atoms with Crippen LogP contribution in [-0.2, 0) is 33.9 Å². The van der Waals surface area contributed by atoms with E-state index in [1.807, 2.05) is 83.1 Å². The molecule has 5 amide bonds. The molecule has 274 valence electrons. The lowest BCUT2D eigenvalue weighted by atomic mass is 10.0. The molecule has 3 aromatic rings. The van der Waals surface area contributed by atoms with Crippen molar-refractivity contribution < 1.29 is 24.0 Å². The fraction of sp³-hybridized carbons (Fsp3) is 0.487. The van der Waals surface area contributed by atoms with Crippen LogP contribution < -0.4 is 21.3 Å². The Morgan fingerprint density at radius 1 is 0.863 bits per heavy atom. The number of benzene rings is 2. The fourth-order valence-electron chi connectivity index (χ4n) is 5.98. The van der Waals surface area contributed by atoms with E-state index in [0.29, 0.717) is 56.7 Å². The van der Waals surface area contributed by atoms with Gasteiger partial charge in [-0.05, 0) is 74.3 Å². The van der Waals surface area contributed by atoms with Crippen LogP contribution in [-0.4, -0.2) is 75.4 Å². The van der Waals surface area contributed by atoms with Crippen LogP contribution in [0.2, 0.25) is 0 Å². The average Bonchev–Trinajstić information content (AvgIpc) is 3.55. The normalized spacial score (nSPS) is 20.0. The quantitative estimate of drug-likeness (QED) is 0.274. The van der Waals surface area contributed by atoms with Crippen LogP contribution in [0.5, 0.6) is 0 Å². The van der Waals surface area contributed by atoms with E-state index in [0.717, 1.165) is 16.8 Å². The van der Waals surface area contributed by atoms with Crippen LogP contribution in [0.3, 0.4) is 0 Å². The van der Waals surface area contributed by atoms with Crippen molar-refractivity contribution in [3.63, 3.8) is 0 Å². The Morgan fingerprint density at radius 3 is 2.20 bits per heavy atom. The third kappa shape index (κ3) is 11.0. The highest BCUT2D eigenvalue weighted by atomic mass is 16.2. The third-order valence-corrected chi connectivity index (χ3v) is 8.94. The standard InChI is InChI=1S/C39H53N7O5/c1-7-46-34(23-31(44-46)26(4)5)39(51)45-20-12-11-19-40-35(47)27(6)41-37(49)32(21-25(2)3)43-38(50)33(22-28-13-9-8-10-14-28)42-36(48)30-17-15-29(24-45)16-18-30/h8-10,13-18,23,25-27,32-33H,7,11-12,19-22,24H2,1-6H3,(H,40,47)(H,41,49)(H,42,48)(H,43,50)/t27-,32+,33-/m1/s1. The largest absolute Gasteiger partial charge is 0.354 e. The lowest BCUT2D eigenvalue weighted by Crippen LogP contribution is -2.57. The van der Waals surface area contributed by atoms with E-state index in [9.17, 15) is 24.0 Å². The molecule has 4 N–H and O–H groups in total. The predicted molar refractivity (Wildman–Crippen MR) is 196 cm³/mol. The van der Waals surface area contributed by atoms with Crippen LogP contribution >= 0.6 is 0 Å². The molecule has 0 saturated carbocycles. The first-order valence-electron chi connectivity index (χ1n) is 18.0. The lowest BCUT2D eigenvalue weighted by molar-refractivity contribution is -0.132. The number of carbonyl (C=O) groups excluding carboxylic acids is 5. The number of aryl methyl sites for hydroxylation is 1. The van der Waals surface area contributed by atoms with Gasteiger partial charge in [-0.25, -0.2) is 0 Å². The van der Waals surface area contributed by atoms with Gasteiger partial charge >= 0.3 is 0 Å². The van der Waals surface area contributed by atoms with E-state index in [4.69, 9.17) is 0 Å². The maximum absolute atomic E-state index is 14.0. The summed E-state index contributed by atoms with van der Waals surface area (Å²) in [7, 11) is 0. The smallest absolute Gasteiger partial charge is 0.272 e. The van der Waals surface area contributed by atoms with Gasteiger partial charge in [0.15, 0.2) is 0 Å². The van der Waals surface area contributed by atoms with Gasteiger partial charge in [-0.2, -0.15) is 5.10 Å². The minimum atomic E-state index is -0.982. The van der Waals surface area contributed by atoms with Gasteiger partial charge < -0.3 is 26.2 Å².